The fourth-order valence-corrected chi connectivity index (χ4v) is 0.861. The first kappa shape index (κ1) is 8.39. The molecule has 1 aromatic heterocycles. The molecular formula is C8H8N2O2. The number of anilines is 1. The summed E-state index contributed by atoms with van der Waals surface area (Å²) in [6.07, 6.45) is 3.26. The highest BCUT2D eigenvalue weighted by Crippen LogP contribution is 2.13. The van der Waals surface area contributed by atoms with E-state index >= 15 is 0 Å². The molecule has 1 aromatic rings. The van der Waals surface area contributed by atoms with Crippen LogP contribution >= 0.6 is 0 Å². The molecule has 4 heteroatoms. The van der Waals surface area contributed by atoms with Gasteiger partial charge in [-0.15, -0.1) is 0 Å². The summed E-state index contributed by atoms with van der Waals surface area (Å²) >= 11 is 0. The van der Waals surface area contributed by atoms with E-state index < -0.39 is 0 Å². The highest BCUT2D eigenvalue weighted by Gasteiger charge is 2.07. The number of aldehydes is 1. The van der Waals surface area contributed by atoms with Gasteiger partial charge in [0.15, 0.2) is 12.1 Å². The Morgan fingerprint density at radius 3 is 2.75 bits per heavy atom. The van der Waals surface area contributed by atoms with Crippen molar-refractivity contribution >= 4 is 17.8 Å². The number of nitrogens with two attached hydrogens (primary N) is 1. The van der Waals surface area contributed by atoms with Gasteiger partial charge >= 0.3 is 0 Å². The Balaban J connectivity index is 3.32. The van der Waals surface area contributed by atoms with E-state index in [-0.39, 0.29) is 17.0 Å². The van der Waals surface area contributed by atoms with Crippen LogP contribution in [0.15, 0.2) is 12.4 Å². The Morgan fingerprint density at radius 2 is 2.25 bits per heavy atom. The maximum Gasteiger partial charge on any atom is 0.163 e. The molecule has 1 heterocycles. The van der Waals surface area contributed by atoms with Gasteiger partial charge in [0.1, 0.15) is 0 Å². The average Bonchev–Trinajstić information content (AvgIpc) is 2.04. The second kappa shape index (κ2) is 3.13. The van der Waals surface area contributed by atoms with Gasteiger partial charge in [0, 0.05) is 12.4 Å². The van der Waals surface area contributed by atoms with Gasteiger partial charge in [0.25, 0.3) is 0 Å². The quantitative estimate of drug-likeness (QED) is 0.515. The standard InChI is InChI=1S/C8H8N2O2/c1-5(12)7-3-10-2-6(4-11)8(7)9/h2-4H,1H3,(H2,9,10). The smallest absolute Gasteiger partial charge is 0.163 e. The lowest BCUT2D eigenvalue weighted by molar-refractivity contribution is 0.101. The molecule has 1 rings (SSSR count). The lowest BCUT2D eigenvalue weighted by Crippen LogP contribution is -2.03. The van der Waals surface area contributed by atoms with Crippen molar-refractivity contribution in [2.45, 2.75) is 6.92 Å². The molecule has 0 amide bonds. The average molecular weight is 164 g/mol. The monoisotopic (exact) mass is 164 g/mol. The first-order chi connectivity index (χ1) is 5.66. The van der Waals surface area contributed by atoms with Crippen LogP contribution in [-0.4, -0.2) is 17.1 Å². The Kier molecular flexibility index (Phi) is 2.19. The molecule has 0 aromatic carbocycles. The lowest BCUT2D eigenvalue weighted by Gasteiger charge is -2.01. The van der Waals surface area contributed by atoms with Crippen LogP contribution in [-0.2, 0) is 0 Å². The lowest BCUT2D eigenvalue weighted by atomic mass is 10.1. The number of ketones is 1. The van der Waals surface area contributed by atoms with Crippen molar-refractivity contribution in [3.63, 3.8) is 0 Å². The molecule has 4 nitrogen and oxygen atoms in total. The summed E-state index contributed by atoms with van der Waals surface area (Å²) in [6, 6.07) is 0. The van der Waals surface area contributed by atoms with Crippen molar-refractivity contribution in [1.29, 1.82) is 0 Å². The van der Waals surface area contributed by atoms with E-state index in [0.717, 1.165) is 0 Å². The maximum absolute atomic E-state index is 10.9. The zero-order valence-electron chi connectivity index (χ0n) is 6.57. The molecule has 0 aliphatic carbocycles. The molecule has 0 radical (unpaired) electrons. The molecule has 0 spiro atoms. The first-order valence-corrected chi connectivity index (χ1v) is 3.36. The molecule has 0 bridgehead atoms. The summed E-state index contributed by atoms with van der Waals surface area (Å²) in [5.74, 6) is -0.191. The van der Waals surface area contributed by atoms with E-state index in [1.165, 1.54) is 19.3 Å². The number of hydrogen-bond donors (Lipinski definition) is 1. The van der Waals surface area contributed by atoms with Gasteiger partial charge in [0.2, 0.25) is 0 Å². The summed E-state index contributed by atoms with van der Waals surface area (Å²) in [5, 5.41) is 0. The van der Waals surface area contributed by atoms with E-state index in [2.05, 4.69) is 4.98 Å². The SMILES string of the molecule is CC(=O)c1cncc(C=O)c1N. The minimum Gasteiger partial charge on any atom is -0.397 e. The van der Waals surface area contributed by atoms with Crippen LogP contribution in [0.2, 0.25) is 0 Å². The van der Waals surface area contributed by atoms with Crippen LogP contribution in [0.25, 0.3) is 0 Å². The minimum absolute atomic E-state index is 0.191. The molecule has 2 N–H and O–H groups in total. The van der Waals surface area contributed by atoms with Crippen LogP contribution in [0.1, 0.15) is 27.6 Å². The van der Waals surface area contributed by atoms with Crippen molar-refractivity contribution in [3.05, 3.63) is 23.5 Å². The highest BCUT2D eigenvalue weighted by molar-refractivity contribution is 6.02. The van der Waals surface area contributed by atoms with Crippen molar-refractivity contribution < 1.29 is 9.59 Å². The molecule has 0 aliphatic rings. The Bertz CT molecular complexity index is 334. The van der Waals surface area contributed by atoms with Gasteiger partial charge in [-0.3, -0.25) is 14.6 Å². The fourth-order valence-electron chi connectivity index (χ4n) is 0.861. The largest absolute Gasteiger partial charge is 0.397 e. The van der Waals surface area contributed by atoms with Crippen LogP contribution < -0.4 is 5.73 Å². The second-order valence-corrected chi connectivity index (χ2v) is 2.36. The Hall–Kier alpha value is -1.71. The molecular weight excluding hydrogens is 156 g/mol. The van der Waals surface area contributed by atoms with Gasteiger partial charge in [-0.25, -0.2) is 0 Å². The van der Waals surface area contributed by atoms with E-state index in [4.69, 9.17) is 5.73 Å². The van der Waals surface area contributed by atoms with E-state index in [0.29, 0.717) is 11.8 Å². The number of nitrogen functional groups attached to an aromatic ring is 1. The Morgan fingerprint density at radius 1 is 1.58 bits per heavy atom. The third-order valence-electron chi connectivity index (χ3n) is 1.52. The predicted molar refractivity (Wildman–Crippen MR) is 44.0 cm³/mol. The predicted octanol–water partition coefficient (Wildman–Crippen LogP) is 0.679. The summed E-state index contributed by atoms with van der Waals surface area (Å²) in [6.45, 7) is 1.38. The van der Waals surface area contributed by atoms with Crippen LogP contribution in [0.4, 0.5) is 5.69 Å². The molecule has 0 atom stereocenters. The number of carbonyl (C=O) groups excluding carboxylic acids is 2. The van der Waals surface area contributed by atoms with Crippen molar-refractivity contribution in [2.75, 3.05) is 5.73 Å². The molecule has 0 aliphatic heterocycles. The Labute approximate surface area is 69.4 Å². The normalized spacial score (nSPS) is 9.42. The molecule has 0 unspecified atom stereocenters. The molecule has 12 heavy (non-hydrogen) atoms. The first-order valence-electron chi connectivity index (χ1n) is 3.36. The summed E-state index contributed by atoms with van der Waals surface area (Å²) in [5.41, 5.74) is 6.25. The molecule has 0 saturated carbocycles. The van der Waals surface area contributed by atoms with Crippen molar-refractivity contribution in [2.24, 2.45) is 0 Å². The van der Waals surface area contributed by atoms with E-state index in [1.54, 1.807) is 0 Å². The number of rotatable bonds is 2. The summed E-state index contributed by atoms with van der Waals surface area (Å²) in [7, 11) is 0. The van der Waals surface area contributed by atoms with Gasteiger partial charge in [-0.05, 0) is 6.92 Å². The maximum atomic E-state index is 10.9. The van der Waals surface area contributed by atoms with Gasteiger partial charge < -0.3 is 5.73 Å². The number of aromatic nitrogens is 1. The molecule has 62 valence electrons. The third-order valence-corrected chi connectivity index (χ3v) is 1.52. The third kappa shape index (κ3) is 1.32. The zero-order valence-corrected chi connectivity index (χ0v) is 6.57. The van der Waals surface area contributed by atoms with Crippen molar-refractivity contribution in [1.82, 2.24) is 4.98 Å². The van der Waals surface area contributed by atoms with Crippen LogP contribution in [0.5, 0.6) is 0 Å². The van der Waals surface area contributed by atoms with Crippen LogP contribution in [0.3, 0.4) is 0 Å². The topological polar surface area (TPSA) is 73.0 Å². The minimum atomic E-state index is -0.191. The van der Waals surface area contributed by atoms with Gasteiger partial charge in [-0.2, -0.15) is 0 Å². The second-order valence-electron chi connectivity index (χ2n) is 2.36. The number of pyridine rings is 1. The van der Waals surface area contributed by atoms with Gasteiger partial charge in [0.05, 0.1) is 16.8 Å². The van der Waals surface area contributed by atoms with Gasteiger partial charge in [-0.1, -0.05) is 0 Å². The highest BCUT2D eigenvalue weighted by atomic mass is 16.1. The molecule has 0 saturated heterocycles. The fraction of sp³-hybridized carbons (Fsp3) is 0.125. The number of Topliss-reactive ketones (excluding diaryl/α,β-unsaturated/α-hetero) is 1. The summed E-state index contributed by atoms with van der Waals surface area (Å²) in [4.78, 5) is 25.0. The van der Waals surface area contributed by atoms with Crippen molar-refractivity contribution in [3.8, 4) is 0 Å². The number of nitrogens with zero attached hydrogens (tertiary/aromatic N) is 1. The van der Waals surface area contributed by atoms with E-state index in [9.17, 15) is 9.59 Å². The van der Waals surface area contributed by atoms with Crippen LogP contribution in [0, 0.1) is 0 Å². The molecule has 0 fully saturated rings. The number of hydrogen-bond acceptors (Lipinski definition) is 4. The zero-order chi connectivity index (χ0) is 9.14. The van der Waals surface area contributed by atoms with E-state index in [1.807, 2.05) is 0 Å². The number of carbonyl (C=O) groups is 2. The summed E-state index contributed by atoms with van der Waals surface area (Å²) < 4.78 is 0.